The second-order valence-electron chi connectivity index (χ2n) is 5.92. The van der Waals surface area contributed by atoms with E-state index in [9.17, 15) is 9.59 Å². The minimum atomic E-state index is -0.537. The van der Waals surface area contributed by atoms with Gasteiger partial charge in [0.2, 0.25) is 5.91 Å². The van der Waals surface area contributed by atoms with Crippen LogP contribution in [0.4, 0.5) is 11.5 Å². The number of carbonyl (C=O) groups is 2. The second-order valence-corrected chi connectivity index (χ2v) is 5.92. The van der Waals surface area contributed by atoms with Gasteiger partial charge in [-0.3, -0.25) is 9.59 Å². The Balaban J connectivity index is 2.21. The summed E-state index contributed by atoms with van der Waals surface area (Å²) in [7, 11) is 0. The summed E-state index contributed by atoms with van der Waals surface area (Å²) in [5.74, 6) is -0.00135. The van der Waals surface area contributed by atoms with Crippen LogP contribution < -0.4 is 10.6 Å². The lowest BCUT2D eigenvalue weighted by Gasteiger charge is -2.19. The molecule has 0 aliphatic heterocycles. The fourth-order valence-electron chi connectivity index (χ4n) is 1.72. The molecule has 0 aliphatic rings. The average Bonchev–Trinajstić information content (AvgIpc) is 2.47. The minimum absolute atomic E-state index is 0.148. The van der Waals surface area contributed by atoms with Crippen molar-refractivity contribution in [3.05, 3.63) is 54.2 Å². The largest absolute Gasteiger partial charge is 0.325 e. The van der Waals surface area contributed by atoms with E-state index in [1.807, 2.05) is 20.8 Å². The molecule has 1 aromatic carbocycles. The van der Waals surface area contributed by atoms with E-state index in [1.165, 1.54) is 0 Å². The molecule has 0 atom stereocenters. The molecule has 1 heterocycles. The molecule has 1 aromatic heterocycles. The first-order chi connectivity index (χ1) is 10.4. The number of nitrogens with one attached hydrogen (secondary N) is 2. The summed E-state index contributed by atoms with van der Waals surface area (Å²) in [5, 5.41) is 5.51. The molecule has 114 valence electrons. The zero-order valence-electron chi connectivity index (χ0n) is 12.9. The maximum Gasteiger partial charge on any atom is 0.258 e. The van der Waals surface area contributed by atoms with Crippen LogP contribution in [0.25, 0.3) is 0 Å². The molecule has 5 heteroatoms. The lowest BCUT2D eigenvalue weighted by Crippen LogP contribution is -2.28. The molecule has 0 unspecified atom stereocenters. The number of hydrogen-bond acceptors (Lipinski definition) is 3. The van der Waals surface area contributed by atoms with Gasteiger partial charge in [-0.1, -0.05) is 39.0 Å². The Morgan fingerprint density at radius 2 is 1.64 bits per heavy atom. The third-order valence-electron chi connectivity index (χ3n) is 3.01. The Kier molecular flexibility index (Phi) is 4.56. The van der Waals surface area contributed by atoms with Crippen molar-refractivity contribution in [2.24, 2.45) is 5.41 Å². The van der Waals surface area contributed by atoms with Crippen LogP contribution in [-0.4, -0.2) is 16.8 Å². The van der Waals surface area contributed by atoms with Crippen LogP contribution in [0.2, 0.25) is 0 Å². The molecule has 0 fully saturated rings. The highest BCUT2D eigenvalue weighted by molar-refractivity contribution is 6.10. The van der Waals surface area contributed by atoms with Crippen molar-refractivity contribution < 1.29 is 9.59 Å². The van der Waals surface area contributed by atoms with Gasteiger partial charge in [0.15, 0.2) is 0 Å². The van der Waals surface area contributed by atoms with Gasteiger partial charge in [-0.25, -0.2) is 4.98 Å². The van der Waals surface area contributed by atoms with Gasteiger partial charge in [0.05, 0.1) is 11.3 Å². The SMILES string of the molecule is CC(C)(C)C(=O)Nc1ccccc1C(=O)Nc1ccccn1. The smallest absolute Gasteiger partial charge is 0.258 e. The molecule has 2 rings (SSSR count). The number of hydrogen-bond donors (Lipinski definition) is 2. The summed E-state index contributed by atoms with van der Waals surface area (Å²) in [5.41, 5.74) is 0.339. The molecule has 2 aromatic rings. The number of aromatic nitrogens is 1. The number of pyridine rings is 1. The molecule has 0 saturated carbocycles. The van der Waals surface area contributed by atoms with Gasteiger partial charge in [0.25, 0.3) is 5.91 Å². The van der Waals surface area contributed by atoms with E-state index >= 15 is 0 Å². The monoisotopic (exact) mass is 297 g/mol. The first kappa shape index (κ1) is 15.7. The van der Waals surface area contributed by atoms with Gasteiger partial charge in [0, 0.05) is 11.6 Å². The molecular formula is C17H19N3O2. The standard InChI is InChI=1S/C17H19N3O2/c1-17(2,3)16(22)19-13-9-5-4-8-12(13)15(21)20-14-10-6-7-11-18-14/h4-11H,1-3H3,(H,19,22)(H,18,20,21). The van der Waals surface area contributed by atoms with Crippen LogP contribution in [-0.2, 0) is 4.79 Å². The number of carbonyl (C=O) groups excluding carboxylic acids is 2. The predicted molar refractivity (Wildman–Crippen MR) is 86.7 cm³/mol. The van der Waals surface area contributed by atoms with Gasteiger partial charge < -0.3 is 10.6 Å². The predicted octanol–water partition coefficient (Wildman–Crippen LogP) is 3.32. The van der Waals surface area contributed by atoms with Crippen molar-refractivity contribution in [1.82, 2.24) is 4.98 Å². The molecule has 0 saturated heterocycles. The molecule has 22 heavy (non-hydrogen) atoms. The van der Waals surface area contributed by atoms with Crippen molar-refractivity contribution in [2.75, 3.05) is 10.6 Å². The normalized spacial score (nSPS) is 10.9. The lowest BCUT2D eigenvalue weighted by atomic mass is 9.95. The van der Waals surface area contributed by atoms with E-state index in [2.05, 4.69) is 15.6 Å². The number of rotatable bonds is 3. The van der Waals surface area contributed by atoms with Crippen LogP contribution in [0, 0.1) is 5.41 Å². The van der Waals surface area contributed by atoms with Crippen LogP contribution >= 0.6 is 0 Å². The lowest BCUT2D eigenvalue weighted by molar-refractivity contribution is -0.123. The molecule has 2 N–H and O–H groups in total. The van der Waals surface area contributed by atoms with Crippen LogP contribution in [0.1, 0.15) is 31.1 Å². The van der Waals surface area contributed by atoms with Gasteiger partial charge in [-0.15, -0.1) is 0 Å². The van der Waals surface area contributed by atoms with Crippen molar-refractivity contribution in [3.8, 4) is 0 Å². The Morgan fingerprint density at radius 1 is 0.955 bits per heavy atom. The number of benzene rings is 1. The topological polar surface area (TPSA) is 71.1 Å². The Morgan fingerprint density at radius 3 is 2.27 bits per heavy atom. The molecule has 2 amide bonds. The Hall–Kier alpha value is -2.69. The summed E-state index contributed by atoms with van der Waals surface area (Å²) in [4.78, 5) is 28.5. The van der Waals surface area contributed by atoms with Crippen molar-refractivity contribution in [1.29, 1.82) is 0 Å². The van der Waals surface area contributed by atoms with Crippen LogP contribution in [0.15, 0.2) is 48.7 Å². The van der Waals surface area contributed by atoms with Gasteiger partial charge in [-0.2, -0.15) is 0 Å². The van der Waals surface area contributed by atoms with Gasteiger partial charge in [-0.05, 0) is 24.3 Å². The van der Waals surface area contributed by atoms with E-state index in [-0.39, 0.29) is 11.8 Å². The van der Waals surface area contributed by atoms with Crippen molar-refractivity contribution in [2.45, 2.75) is 20.8 Å². The first-order valence-corrected chi connectivity index (χ1v) is 7.01. The van der Waals surface area contributed by atoms with Gasteiger partial charge >= 0.3 is 0 Å². The summed E-state index contributed by atoms with van der Waals surface area (Å²) in [6, 6.07) is 12.2. The van der Waals surface area contributed by atoms with E-state index in [0.717, 1.165) is 0 Å². The molecule has 5 nitrogen and oxygen atoms in total. The average molecular weight is 297 g/mol. The highest BCUT2D eigenvalue weighted by Crippen LogP contribution is 2.21. The Labute approximate surface area is 129 Å². The first-order valence-electron chi connectivity index (χ1n) is 7.01. The Bertz CT molecular complexity index is 676. The maximum atomic E-state index is 12.4. The van der Waals surface area contributed by atoms with Gasteiger partial charge in [0.1, 0.15) is 5.82 Å². The minimum Gasteiger partial charge on any atom is -0.325 e. The number of nitrogens with zero attached hydrogens (tertiary/aromatic N) is 1. The van der Waals surface area contributed by atoms with Crippen molar-refractivity contribution >= 4 is 23.3 Å². The van der Waals surface area contributed by atoms with E-state index in [4.69, 9.17) is 0 Å². The molecular weight excluding hydrogens is 278 g/mol. The third kappa shape index (κ3) is 3.91. The van der Waals surface area contributed by atoms with Crippen LogP contribution in [0.3, 0.4) is 0 Å². The maximum absolute atomic E-state index is 12.4. The summed E-state index contributed by atoms with van der Waals surface area (Å²) in [6.07, 6.45) is 1.60. The molecule has 0 spiro atoms. The highest BCUT2D eigenvalue weighted by atomic mass is 16.2. The molecule has 0 radical (unpaired) electrons. The summed E-state index contributed by atoms with van der Waals surface area (Å²) >= 11 is 0. The van der Waals surface area contributed by atoms with E-state index in [1.54, 1.807) is 48.7 Å². The fourth-order valence-corrected chi connectivity index (χ4v) is 1.72. The highest BCUT2D eigenvalue weighted by Gasteiger charge is 2.23. The summed E-state index contributed by atoms with van der Waals surface area (Å²) < 4.78 is 0. The number of anilines is 2. The van der Waals surface area contributed by atoms with E-state index < -0.39 is 5.41 Å². The fraction of sp³-hybridized carbons (Fsp3) is 0.235. The number of para-hydroxylation sites is 1. The molecule has 0 bridgehead atoms. The number of amides is 2. The molecule has 0 aliphatic carbocycles. The van der Waals surface area contributed by atoms with Crippen LogP contribution in [0.5, 0.6) is 0 Å². The third-order valence-corrected chi connectivity index (χ3v) is 3.01. The summed E-state index contributed by atoms with van der Waals surface area (Å²) in [6.45, 7) is 5.46. The zero-order valence-corrected chi connectivity index (χ0v) is 12.9. The van der Waals surface area contributed by atoms with Crippen molar-refractivity contribution in [3.63, 3.8) is 0 Å². The quantitative estimate of drug-likeness (QED) is 0.913. The van der Waals surface area contributed by atoms with E-state index in [0.29, 0.717) is 17.1 Å². The second kappa shape index (κ2) is 6.39. The zero-order chi connectivity index (χ0) is 16.2.